The van der Waals surface area contributed by atoms with Crippen LogP contribution < -0.4 is 10.7 Å². The Morgan fingerprint density at radius 2 is 1.80 bits per heavy atom. The standard InChI is InChI=1S/C18H14ClN3OS2/c19-13-5-7-14(8-6-13)20-18(23)22-21-16(17-4-2-12-25-17)10-9-15-3-1-11-24-15/h1-12H,(H2,20,22,23). The van der Waals surface area contributed by atoms with Crippen LogP contribution in [0.25, 0.3) is 6.08 Å². The van der Waals surface area contributed by atoms with E-state index in [0.717, 1.165) is 9.75 Å². The zero-order valence-electron chi connectivity index (χ0n) is 13.0. The van der Waals surface area contributed by atoms with Gasteiger partial charge in [-0.3, -0.25) is 0 Å². The number of halogens is 1. The molecule has 0 saturated heterocycles. The maximum Gasteiger partial charge on any atom is 0.339 e. The number of benzene rings is 1. The highest BCUT2D eigenvalue weighted by molar-refractivity contribution is 7.12. The minimum Gasteiger partial charge on any atom is -0.307 e. The van der Waals surface area contributed by atoms with Crippen molar-refractivity contribution in [1.29, 1.82) is 0 Å². The fourth-order valence-electron chi connectivity index (χ4n) is 1.95. The van der Waals surface area contributed by atoms with Crippen molar-refractivity contribution in [2.45, 2.75) is 0 Å². The van der Waals surface area contributed by atoms with Crippen molar-refractivity contribution >= 4 is 57.8 Å². The first-order valence-electron chi connectivity index (χ1n) is 7.36. The summed E-state index contributed by atoms with van der Waals surface area (Å²) in [7, 11) is 0. The van der Waals surface area contributed by atoms with E-state index in [2.05, 4.69) is 15.8 Å². The summed E-state index contributed by atoms with van der Waals surface area (Å²) in [5.41, 5.74) is 3.86. The number of rotatable bonds is 5. The lowest BCUT2D eigenvalue weighted by molar-refractivity contribution is 0.252. The Morgan fingerprint density at radius 3 is 2.48 bits per heavy atom. The second-order valence-corrected chi connectivity index (χ2v) is 7.26. The first-order chi connectivity index (χ1) is 12.2. The Bertz CT molecular complexity index is 870. The average molecular weight is 388 g/mol. The molecule has 0 atom stereocenters. The number of allylic oxidation sites excluding steroid dienone is 1. The van der Waals surface area contributed by atoms with Gasteiger partial charge in [0, 0.05) is 15.6 Å². The lowest BCUT2D eigenvalue weighted by Crippen LogP contribution is -2.25. The molecule has 0 aliphatic heterocycles. The Hall–Kier alpha value is -2.41. The molecule has 2 amide bonds. The normalized spacial score (nSPS) is 11.6. The van der Waals surface area contributed by atoms with Crippen LogP contribution in [0.4, 0.5) is 10.5 Å². The van der Waals surface area contributed by atoms with E-state index in [1.54, 1.807) is 46.9 Å². The van der Waals surface area contributed by atoms with Gasteiger partial charge in [0.15, 0.2) is 0 Å². The molecule has 3 aromatic rings. The van der Waals surface area contributed by atoms with Crippen LogP contribution in [-0.4, -0.2) is 11.7 Å². The van der Waals surface area contributed by atoms with Crippen molar-refractivity contribution in [3.8, 4) is 0 Å². The highest BCUT2D eigenvalue weighted by atomic mass is 35.5. The van der Waals surface area contributed by atoms with Crippen LogP contribution in [0.1, 0.15) is 9.75 Å². The maximum atomic E-state index is 12.0. The van der Waals surface area contributed by atoms with Gasteiger partial charge in [-0.05, 0) is 59.3 Å². The molecule has 25 heavy (non-hydrogen) atoms. The summed E-state index contributed by atoms with van der Waals surface area (Å²) in [6, 6.07) is 14.4. The topological polar surface area (TPSA) is 53.5 Å². The summed E-state index contributed by atoms with van der Waals surface area (Å²) >= 11 is 9.03. The lowest BCUT2D eigenvalue weighted by Gasteiger charge is -2.05. The molecule has 1 aromatic carbocycles. The van der Waals surface area contributed by atoms with E-state index >= 15 is 0 Å². The minimum atomic E-state index is -0.416. The van der Waals surface area contributed by atoms with E-state index in [1.165, 1.54) is 0 Å². The van der Waals surface area contributed by atoms with Crippen LogP contribution in [0.15, 0.2) is 70.5 Å². The molecule has 7 heteroatoms. The molecule has 0 bridgehead atoms. The highest BCUT2D eigenvalue weighted by Gasteiger charge is 2.04. The SMILES string of the molecule is O=C(NN=C(C=Cc1cccs1)c1cccs1)Nc1ccc(Cl)cc1. The molecule has 0 spiro atoms. The molecule has 2 N–H and O–H groups in total. The molecular formula is C18H14ClN3OS2. The molecule has 2 heterocycles. The smallest absolute Gasteiger partial charge is 0.307 e. The number of urea groups is 1. The minimum absolute atomic E-state index is 0.416. The molecule has 0 unspecified atom stereocenters. The van der Waals surface area contributed by atoms with Gasteiger partial charge in [-0.2, -0.15) is 5.10 Å². The maximum absolute atomic E-state index is 12.0. The third kappa shape index (κ3) is 5.29. The van der Waals surface area contributed by atoms with E-state index < -0.39 is 6.03 Å². The Morgan fingerprint density at radius 1 is 1.04 bits per heavy atom. The zero-order chi connectivity index (χ0) is 17.5. The van der Waals surface area contributed by atoms with Gasteiger partial charge in [-0.25, -0.2) is 10.2 Å². The van der Waals surface area contributed by atoms with Crippen LogP contribution in [-0.2, 0) is 0 Å². The van der Waals surface area contributed by atoms with Crippen molar-refractivity contribution in [1.82, 2.24) is 5.43 Å². The van der Waals surface area contributed by atoms with Crippen LogP contribution in [0, 0.1) is 0 Å². The van der Waals surface area contributed by atoms with Gasteiger partial charge in [0.2, 0.25) is 0 Å². The molecule has 0 radical (unpaired) electrons. The molecule has 0 saturated carbocycles. The van der Waals surface area contributed by atoms with E-state index in [1.807, 2.05) is 47.2 Å². The van der Waals surface area contributed by atoms with E-state index in [-0.39, 0.29) is 0 Å². The van der Waals surface area contributed by atoms with Crippen LogP contribution in [0.3, 0.4) is 0 Å². The predicted molar refractivity (Wildman–Crippen MR) is 108 cm³/mol. The van der Waals surface area contributed by atoms with Crippen molar-refractivity contribution in [3.05, 3.63) is 80.1 Å². The van der Waals surface area contributed by atoms with Crippen molar-refractivity contribution in [3.63, 3.8) is 0 Å². The van der Waals surface area contributed by atoms with Gasteiger partial charge < -0.3 is 5.32 Å². The molecule has 0 aliphatic carbocycles. The van der Waals surface area contributed by atoms with E-state index in [0.29, 0.717) is 16.4 Å². The third-order valence-corrected chi connectivity index (χ3v) is 5.08. The molecule has 126 valence electrons. The number of thiophene rings is 2. The number of nitrogens with one attached hydrogen (secondary N) is 2. The highest BCUT2D eigenvalue weighted by Crippen LogP contribution is 2.15. The predicted octanol–water partition coefficient (Wildman–Crippen LogP) is 5.70. The number of carbonyl (C=O) groups is 1. The van der Waals surface area contributed by atoms with Gasteiger partial charge in [0.05, 0.1) is 4.88 Å². The average Bonchev–Trinajstić information content (AvgIpc) is 3.30. The molecule has 0 fully saturated rings. The number of nitrogens with zero attached hydrogens (tertiary/aromatic N) is 1. The van der Waals surface area contributed by atoms with E-state index in [4.69, 9.17) is 11.6 Å². The summed E-state index contributed by atoms with van der Waals surface area (Å²) < 4.78 is 0. The fraction of sp³-hybridized carbons (Fsp3) is 0. The first-order valence-corrected chi connectivity index (χ1v) is 9.50. The van der Waals surface area contributed by atoms with Gasteiger partial charge in [0.1, 0.15) is 5.71 Å². The van der Waals surface area contributed by atoms with Crippen molar-refractivity contribution in [2.75, 3.05) is 5.32 Å². The summed E-state index contributed by atoms with van der Waals surface area (Å²) in [6.07, 6.45) is 3.86. The van der Waals surface area contributed by atoms with Crippen LogP contribution in [0.2, 0.25) is 5.02 Å². The van der Waals surface area contributed by atoms with Crippen LogP contribution in [0.5, 0.6) is 0 Å². The molecule has 4 nitrogen and oxygen atoms in total. The molecule has 0 aliphatic rings. The summed E-state index contributed by atoms with van der Waals surface area (Å²) in [5.74, 6) is 0. The number of carbonyl (C=O) groups excluding carboxylic acids is 1. The van der Waals surface area contributed by atoms with Gasteiger partial charge in [-0.1, -0.05) is 23.7 Å². The Kier molecular flexibility index (Phi) is 6.00. The molecule has 3 rings (SSSR count). The number of amides is 2. The van der Waals surface area contributed by atoms with Gasteiger partial charge in [-0.15, -0.1) is 22.7 Å². The number of hydrogen-bond donors (Lipinski definition) is 2. The molecular weight excluding hydrogens is 374 g/mol. The second-order valence-electron chi connectivity index (χ2n) is 4.90. The Labute approximate surface area is 158 Å². The Balaban J connectivity index is 1.69. The van der Waals surface area contributed by atoms with Crippen molar-refractivity contribution < 1.29 is 4.79 Å². The third-order valence-electron chi connectivity index (χ3n) is 3.10. The number of hydrazone groups is 1. The molecule has 2 aromatic heterocycles. The van der Waals surface area contributed by atoms with Crippen LogP contribution >= 0.6 is 34.3 Å². The second kappa shape index (κ2) is 8.62. The summed E-state index contributed by atoms with van der Waals surface area (Å²) in [5, 5.41) is 11.5. The number of anilines is 1. The largest absolute Gasteiger partial charge is 0.339 e. The monoisotopic (exact) mass is 387 g/mol. The zero-order valence-corrected chi connectivity index (χ0v) is 15.4. The summed E-state index contributed by atoms with van der Waals surface area (Å²) in [4.78, 5) is 14.1. The summed E-state index contributed by atoms with van der Waals surface area (Å²) in [6.45, 7) is 0. The number of hydrogen-bond acceptors (Lipinski definition) is 4. The first kappa shape index (κ1) is 17.4. The van der Waals surface area contributed by atoms with E-state index in [9.17, 15) is 4.79 Å². The van der Waals surface area contributed by atoms with Gasteiger partial charge in [0.25, 0.3) is 0 Å². The van der Waals surface area contributed by atoms with Crippen molar-refractivity contribution in [2.24, 2.45) is 5.10 Å². The van der Waals surface area contributed by atoms with Gasteiger partial charge >= 0.3 is 6.03 Å². The quantitative estimate of drug-likeness (QED) is 0.428. The fourth-order valence-corrected chi connectivity index (χ4v) is 3.39. The lowest BCUT2D eigenvalue weighted by atomic mass is 10.2.